The molecule has 0 spiro atoms. The number of halogens is 3. The maximum absolute atomic E-state index is 13.4. The van der Waals surface area contributed by atoms with Crippen molar-refractivity contribution >= 4 is 40.1 Å². The van der Waals surface area contributed by atoms with Gasteiger partial charge in [-0.3, -0.25) is 9.59 Å². The summed E-state index contributed by atoms with van der Waals surface area (Å²) in [5.41, 5.74) is 5.20. The fraction of sp³-hybridized carbons (Fsp3) is 0.429. The largest absolute Gasteiger partial charge is 0.573 e. The van der Waals surface area contributed by atoms with E-state index in [9.17, 15) is 22.8 Å². The summed E-state index contributed by atoms with van der Waals surface area (Å²) >= 11 is 1.29. The van der Waals surface area contributed by atoms with Gasteiger partial charge >= 0.3 is 6.36 Å². The standard InChI is InChI=1S/C28H32F3N3O3S/c1-5-17-6-8-18-14-22-24(33-23(35)15-34(3)4)26(38-25(22)16(2)21(18)13-7-17)27(36)32-19-9-11-20(12-10-19)37-28(29,30)31/h9-12,17H,2,5-8,13-15H2,1,3-4H3,(H,32,36)(H,33,35). The molecule has 0 saturated carbocycles. The Hall–Kier alpha value is -3.11. The van der Waals surface area contributed by atoms with Crippen molar-refractivity contribution in [1.82, 2.24) is 4.90 Å². The predicted molar refractivity (Wildman–Crippen MR) is 145 cm³/mol. The van der Waals surface area contributed by atoms with Gasteiger partial charge < -0.3 is 20.3 Å². The Labute approximate surface area is 224 Å². The normalized spacial score (nSPS) is 17.6. The molecular weight excluding hydrogens is 515 g/mol. The zero-order valence-corrected chi connectivity index (χ0v) is 22.6. The molecule has 1 unspecified atom stereocenters. The number of allylic oxidation sites excluding steroid dienone is 3. The van der Waals surface area contributed by atoms with Crippen LogP contribution in [0.4, 0.5) is 24.5 Å². The van der Waals surface area contributed by atoms with E-state index in [2.05, 4.69) is 28.9 Å². The maximum atomic E-state index is 13.4. The summed E-state index contributed by atoms with van der Waals surface area (Å²) in [7, 11) is 3.58. The first kappa shape index (κ1) is 27.9. The molecule has 2 amide bonds. The van der Waals surface area contributed by atoms with Gasteiger partial charge in [0.2, 0.25) is 5.91 Å². The molecule has 2 aliphatic rings. The average Bonchev–Trinajstić information content (AvgIpc) is 3.04. The molecule has 1 aromatic heterocycles. The third-order valence-corrected chi connectivity index (χ3v) is 8.26. The first-order chi connectivity index (χ1) is 17.9. The van der Waals surface area contributed by atoms with E-state index in [0.717, 1.165) is 60.3 Å². The second-order valence-corrected chi connectivity index (χ2v) is 11.0. The van der Waals surface area contributed by atoms with Crippen LogP contribution in [0.1, 0.15) is 59.1 Å². The number of nitrogens with zero attached hydrogens (tertiary/aromatic N) is 1. The highest BCUT2D eigenvalue weighted by atomic mass is 32.1. The lowest BCUT2D eigenvalue weighted by atomic mass is 9.84. The van der Waals surface area contributed by atoms with Crippen LogP contribution in [0.5, 0.6) is 5.75 Å². The number of carbonyl (C=O) groups excluding carboxylic acids is 2. The van der Waals surface area contributed by atoms with Gasteiger partial charge in [0, 0.05) is 10.6 Å². The molecule has 204 valence electrons. The average molecular weight is 548 g/mol. The molecule has 2 N–H and O–H groups in total. The van der Waals surface area contributed by atoms with Crippen molar-refractivity contribution in [2.45, 2.75) is 51.8 Å². The SMILES string of the molecule is C=C1C2=C(CCC(CC)CC2)Cc2c1sc(C(=O)Nc1ccc(OC(F)(F)F)cc1)c2NC(=O)CN(C)C. The lowest BCUT2D eigenvalue weighted by Gasteiger charge is -2.22. The van der Waals surface area contributed by atoms with Crippen LogP contribution in [0.25, 0.3) is 5.57 Å². The van der Waals surface area contributed by atoms with Gasteiger partial charge in [0.25, 0.3) is 5.91 Å². The van der Waals surface area contributed by atoms with E-state index >= 15 is 0 Å². The Morgan fingerprint density at radius 3 is 2.45 bits per heavy atom. The summed E-state index contributed by atoms with van der Waals surface area (Å²) in [6.45, 7) is 6.77. The van der Waals surface area contributed by atoms with Crippen LogP contribution in [-0.4, -0.2) is 43.7 Å². The Kier molecular flexibility index (Phi) is 8.32. The Bertz CT molecular complexity index is 1260. The Balaban J connectivity index is 1.63. The van der Waals surface area contributed by atoms with E-state index in [1.165, 1.54) is 34.6 Å². The van der Waals surface area contributed by atoms with E-state index in [-0.39, 0.29) is 18.2 Å². The first-order valence-corrected chi connectivity index (χ1v) is 13.4. The number of alkyl halides is 3. The monoisotopic (exact) mass is 547 g/mol. The van der Waals surface area contributed by atoms with Crippen LogP contribution in [0.3, 0.4) is 0 Å². The van der Waals surface area contributed by atoms with E-state index in [1.54, 1.807) is 19.0 Å². The van der Waals surface area contributed by atoms with Gasteiger partial charge in [0.15, 0.2) is 0 Å². The zero-order chi connectivity index (χ0) is 27.6. The molecule has 6 nitrogen and oxygen atoms in total. The van der Waals surface area contributed by atoms with Crippen molar-refractivity contribution < 1.29 is 27.5 Å². The first-order valence-electron chi connectivity index (χ1n) is 12.6. The van der Waals surface area contributed by atoms with Crippen molar-refractivity contribution in [3.63, 3.8) is 0 Å². The number of nitrogens with one attached hydrogen (secondary N) is 2. The number of thiophene rings is 1. The third-order valence-electron chi connectivity index (χ3n) is 6.97. The summed E-state index contributed by atoms with van der Waals surface area (Å²) < 4.78 is 41.3. The van der Waals surface area contributed by atoms with Crippen molar-refractivity contribution in [1.29, 1.82) is 0 Å². The molecular formula is C28H32F3N3O3S. The molecule has 10 heteroatoms. The number of hydrogen-bond acceptors (Lipinski definition) is 5. The minimum absolute atomic E-state index is 0.152. The number of amides is 2. The number of benzene rings is 1. The zero-order valence-electron chi connectivity index (χ0n) is 21.8. The number of fused-ring (bicyclic) bond motifs is 1. The molecule has 0 aliphatic heterocycles. The second kappa shape index (κ2) is 11.3. The van der Waals surface area contributed by atoms with Gasteiger partial charge in [-0.25, -0.2) is 0 Å². The quantitative estimate of drug-likeness (QED) is 0.397. The molecule has 0 radical (unpaired) electrons. The summed E-state index contributed by atoms with van der Waals surface area (Å²) in [5, 5.41) is 5.71. The Morgan fingerprint density at radius 2 is 1.82 bits per heavy atom. The highest BCUT2D eigenvalue weighted by Crippen LogP contribution is 2.49. The van der Waals surface area contributed by atoms with Crippen molar-refractivity contribution in [3.8, 4) is 5.75 Å². The second-order valence-electron chi connectivity index (χ2n) is 10.0. The topological polar surface area (TPSA) is 70.7 Å². The Morgan fingerprint density at radius 1 is 1.13 bits per heavy atom. The highest BCUT2D eigenvalue weighted by Gasteiger charge is 2.33. The summed E-state index contributed by atoms with van der Waals surface area (Å²) in [4.78, 5) is 29.2. The van der Waals surface area contributed by atoms with Gasteiger partial charge in [-0.05, 0) is 93.1 Å². The number of hydrogen-bond donors (Lipinski definition) is 2. The molecule has 2 aromatic rings. The molecule has 2 aliphatic carbocycles. The van der Waals surface area contributed by atoms with E-state index in [0.29, 0.717) is 28.6 Å². The fourth-order valence-corrected chi connectivity index (χ4v) is 6.25. The van der Waals surface area contributed by atoms with Crippen LogP contribution in [0.15, 0.2) is 42.0 Å². The number of rotatable bonds is 7. The van der Waals surface area contributed by atoms with Gasteiger partial charge in [-0.15, -0.1) is 24.5 Å². The smallest absolute Gasteiger partial charge is 0.406 e. The molecule has 4 rings (SSSR count). The minimum Gasteiger partial charge on any atom is -0.406 e. The molecule has 0 bridgehead atoms. The summed E-state index contributed by atoms with van der Waals surface area (Å²) in [5.74, 6) is -0.397. The van der Waals surface area contributed by atoms with Crippen molar-refractivity contribution in [2.75, 3.05) is 31.3 Å². The third kappa shape index (κ3) is 6.47. The molecule has 0 fully saturated rings. The van der Waals surface area contributed by atoms with Crippen molar-refractivity contribution in [3.05, 3.63) is 57.3 Å². The van der Waals surface area contributed by atoms with Crippen LogP contribution in [0.2, 0.25) is 0 Å². The van der Waals surface area contributed by atoms with Gasteiger partial charge in [-0.1, -0.05) is 25.5 Å². The lowest BCUT2D eigenvalue weighted by molar-refractivity contribution is -0.274. The maximum Gasteiger partial charge on any atom is 0.573 e. The minimum atomic E-state index is -4.80. The molecule has 0 saturated heterocycles. The van der Waals surface area contributed by atoms with Crippen molar-refractivity contribution in [2.24, 2.45) is 5.92 Å². The fourth-order valence-electron chi connectivity index (χ4n) is 5.08. The summed E-state index contributed by atoms with van der Waals surface area (Å²) in [6.07, 6.45) is 1.17. The number of likely N-dealkylation sites (N-methyl/N-ethyl adjacent to an activating group) is 1. The molecule has 38 heavy (non-hydrogen) atoms. The van der Waals surface area contributed by atoms with E-state index < -0.39 is 12.3 Å². The van der Waals surface area contributed by atoms with Gasteiger partial charge in [0.1, 0.15) is 10.6 Å². The van der Waals surface area contributed by atoms with Gasteiger partial charge in [0.05, 0.1) is 12.2 Å². The summed E-state index contributed by atoms with van der Waals surface area (Å²) in [6, 6.07) is 4.94. The van der Waals surface area contributed by atoms with Crippen LogP contribution >= 0.6 is 11.3 Å². The number of anilines is 2. The van der Waals surface area contributed by atoms with E-state index in [4.69, 9.17) is 0 Å². The molecule has 1 heterocycles. The molecule has 1 atom stereocenters. The van der Waals surface area contributed by atoms with E-state index in [1.807, 2.05) is 0 Å². The van der Waals surface area contributed by atoms with Crippen LogP contribution < -0.4 is 15.4 Å². The predicted octanol–water partition coefficient (Wildman–Crippen LogP) is 6.87. The lowest BCUT2D eigenvalue weighted by Crippen LogP contribution is -2.28. The molecule has 1 aromatic carbocycles. The van der Waals surface area contributed by atoms with Crippen LogP contribution in [0, 0.1) is 5.92 Å². The van der Waals surface area contributed by atoms with Crippen LogP contribution in [-0.2, 0) is 11.2 Å². The number of ether oxygens (including phenoxy) is 1. The number of carbonyl (C=O) groups is 2. The highest BCUT2D eigenvalue weighted by molar-refractivity contribution is 7.16. The van der Waals surface area contributed by atoms with Gasteiger partial charge in [-0.2, -0.15) is 0 Å².